The number of fused-ring (bicyclic) bond motifs is 1. The smallest absolute Gasteiger partial charge is 0.252 e. The van der Waals surface area contributed by atoms with E-state index in [0.29, 0.717) is 30.2 Å². The van der Waals surface area contributed by atoms with Gasteiger partial charge in [0.25, 0.3) is 5.56 Å². The molecular weight excluding hydrogens is 433 g/mol. The molecule has 0 saturated carbocycles. The number of anilines is 1. The fourth-order valence-corrected chi connectivity index (χ4v) is 4.08. The van der Waals surface area contributed by atoms with Gasteiger partial charge in [-0.2, -0.15) is 4.98 Å². The average Bonchev–Trinajstić information content (AvgIpc) is 2.76. The van der Waals surface area contributed by atoms with Gasteiger partial charge in [0.05, 0.1) is 19.3 Å². The van der Waals surface area contributed by atoms with E-state index in [1.54, 1.807) is 29.0 Å². The molecule has 4 rings (SSSR count). The molecule has 34 heavy (non-hydrogen) atoms. The normalized spacial score (nSPS) is 15.7. The molecule has 1 fully saturated rings. The van der Waals surface area contributed by atoms with Crippen molar-refractivity contribution >= 4 is 17.0 Å². The van der Waals surface area contributed by atoms with Crippen molar-refractivity contribution in [2.45, 2.75) is 54.3 Å². The summed E-state index contributed by atoms with van der Waals surface area (Å²) in [4.78, 5) is 23.8. The molecule has 2 aromatic heterocycles. The van der Waals surface area contributed by atoms with Crippen LogP contribution >= 0.6 is 0 Å². The van der Waals surface area contributed by atoms with Gasteiger partial charge >= 0.3 is 0 Å². The Kier molecular flexibility index (Phi) is 8.05. The first-order valence-corrected chi connectivity index (χ1v) is 11.4. The van der Waals surface area contributed by atoms with Crippen LogP contribution in [-0.4, -0.2) is 45.7 Å². The van der Waals surface area contributed by atoms with Crippen LogP contribution in [0.1, 0.15) is 52.3 Å². The second-order valence-corrected chi connectivity index (χ2v) is 9.90. The highest BCUT2D eigenvalue weighted by molar-refractivity contribution is 5.75. The van der Waals surface area contributed by atoms with Gasteiger partial charge in [0.1, 0.15) is 11.5 Å². The largest absolute Gasteiger partial charge is 0.379 e. The van der Waals surface area contributed by atoms with E-state index in [2.05, 4.69) is 41.0 Å². The Hall–Kier alpha value is -2.84. The third-order valence-corrected chi connectivity index (χ3v) is 5.74. The molecule has 0 radical (unpaired) electrons. The average molecular weight is 470 g/mol. The number of hydrogen-bond donors (Lipinski definition) is 1. The number of hydrogen-bond acceptors (Lipinski definition) is 6. The maximum absolute atomic E-state index is 14.9. The Bertz CT molecular complexity index is 1180. The summed E-state index contributed by atoms with van der Waals surface area (Å²) < 4.78 is 22.0. The molecule has 1 aromatic carbocycles. The van der Waals surface area contributed by atoms with Crippen LogP contribution in [-0.2, 0) is 17.8 Å². The summed E-state index contributed by atoms with van der Waals surface area (Å²) in [5.74, 6) is 0.103. The van der Waals surface area contributed by atoms with Gasteiger partial charge in [-0.3, -0.25) is 14.3 Å². The van der Waals surface area contributed by atoms with Gasteiger partial charge in [-0.05, 0) is 30.0 Å². The lowest BCUT2D eigenvalue weighted by Gasteiger charge is -2.26. The molecule has 3 heterocycles. The molecule has 1 atom stereocenters. The molecule has 8 heteroatoms. The third kappa shape index (κ3) is 6.18. The summed E-state index contributed by atoms with van der Waals surface area (Å²) in [6.07, 6.45) is 1.69. The molecule has 1 aliphatic rings. The van der Waals surface area contributed by atoms with Crippen LogP contribution in [0, 0.1) is 11.2 Å². The van der Waals surface area contributed by atoms with Crippen LogP contribution in [0.3, 0.4) is 0 Å². The first-order chi connectivity index (χ1) is 15.7. The molecule has 1 aliphatic heterocycles. The zero-order valence-corrected chi connectivity index (χ0v) is 19.8. The lowest BCUT2D eigenvalue weighted by molar-refractivity contribution is 0.0341. The number of nitrogens with zero attached hydrogens (tertiary/aromatic N) is 4. The van der Waals surface area contributed by atoms with Crippen molar-refractivity contribution in [3.8, 4) is 0 Å². The van der Waals surface area contributed by atoms with E-state index < -0.39 is 0 Å². The Balaban J connectivity index is 0.00000324. The lowest BCUT2D eigenvalue weighted by Crippen LogP contribution is -2.35. The Morgan fingerprint density at radius 1 is 1.18 bits per heavy atom. The van der Waals surface area contributed by atoms with Crippen molar-refractivity contribution in [2.75, 3.05) is 31.6 Å². The lowest BCUT2D eigenvalue weighted by atomic mass is 9.97. The van der Waals surface area contributed by atoms with Crippen LogP contribution in [0.25, 0.3) is 11.0 Å². The van der Waals surface area contributed by atoms with E-state index in [0.717, 1.165) is 37.3 Å². The summed E-state index contributed by atoms with van der Waals surface area (Å²) in [5, 5.41) is 3.98. The van der Waals surface area contributed by atoms with Crippen molar-refractivity contribution in [3.05, 3.63) is 63.8 Å². The number of halogens is 1. The Morgan fingerprint density at radius 2 is 1.91 bits per heavy atom. The van der Waals surface area contributed by atoms with Crippen LogP contribution in [0.15, 0.2) is 41.3 Å². The molecule has 0 unspecified atom stereocenters. The molecule has 1 saturated heterocycles. The molecule has 0 aliphatic carbocycles. The number of morpholine rings is 1. The van der Waals surface area contributed by atoms with Crippen LogP contribution in [0.2, 0.25) is 0 Å². The fraction of sp³-hybridized carbons (Fsp3) is 0.500. The van der Waals surface area contributed by atoms with Gasteiger partial charge < -0.3 is 10.1 Å². The van der Waals surface area contributed by atoms with Gasteiger partial charge in [-0.15, -0.1) is 0 Å². The summed E-state index contributed by atoms with van der Waals surface area (Å²) in [6, 6.07) is 8.32. The summed E-state index contributed by atoms with van der Waals surface area (Å²) in [5.41, 5.74) is 1.87. The maximum atomic E-state index is 14.9. The predicted molar refractivity (Wildman–Crippen MR) is 135 cm³/mol. The molecular formula is C26H36FN5O2. The first kappa shape index (κ1) is 25.8. The van der Waals surface area contributed by atoms with Crippen LogP contribution in [0.4, 0.5) is 10.3 Å². The number of pyridine rings is 1. The SMILES string of the molecule is C.C[C@H](Nc1ncc2ccc(=O)n(CC(C)(C)C)c2n1)c1ccc(CN2CCOCC2)cc1F. The highest BCUT2D eigenvalue weighted by atomic mass is 19.1. The van der Waals surface area contributed by atoms with E-state index in [9.17, 15) is 9.18 Å². The topological polar surface area (TPSA) is 72.3 Å². The van der Waals surface area contributed by atoms with E-state index in [-0.39, 0.29) is 30.3 Å². The minimum atomic E-state index is -0.341. The predicted octanol–water partition coefficient (Wildman–Crippen LogP) is 4.62. The highest BCUT2D eigenvalue weighted by Crippen LogP contribution is 2.23. The van der Waals surface area contributed by atoms with Gasteiger partial charge in [-0.25, -0.2) is 9.37 Å². The summed E-state index contributed by atoms with van der Waals surface area (Å²) in [6.45, 7) is 12.5. The Labute approximate surface area is 201 Å². The van der Waals surface area contributed by atoms with E-state index >= 15 is 0 Å². The van der Waals surface area contributed by atoms with Gasteiger partial charge in [0.15, 0.2) is 0 Å². The number of rotatable bonds is 6. The minimum Gasteiger partial charge on any atom is -0.379 e. The van der Waals surface area contributed by atoms with E-state index in [4.69, 9.17) is 4.74 Å². The van der Waals surface area contributed by atoms with Crippen LogP contribution in [0.5, 0.6) is 0 Å². The standard InChI is InChI=1S/C25H32FN5O2.CH4/c1-17(20-7-5-18(13-21(20)26)15-30-9-11-33-12-10-30)28-24-27-14-19-6-8-22(32)31(23(19)29-24)16-25(2,3)4;/h5-8,13-14,17H,9-12,15-16H2,1-4H3,(H,27,28,29);1H4/t17-;/m0./s1. The Morgan fingerprint density at radius 3 is 2.59 bits per heavy atom. The number of aromatic nitrogens is 3. The van der Waals surface area contributed by atoms with Crippen molar-refractivity contribution in [2.24, 2.45) is 5.41 Å². The summed E-state index contributed by atoms with van der Waals surface area (Å²) >= 11 is 0. The molecule has 184 valence electrons. The first-order valence-electron chi connectivity index (χ1n) is 11.4. The molecule has 0 spiro atoms. The summed E-state index contributed by atoms with van der Waals surface area (Å²) in [7, 11) is 0. The second-order valence-electron chi connectivity index (χ2n) is 9.90. The molecule has 3 aromatic rings. The third-order valence-electron chi connectivity index (χ3n) is 5.74. The number of nitrogens with one attached hydrogen (secondary N) is 1. The van der Waals surface area contributed by atoms with Gasteiger partial charge in [0, 0.05) is 49.4 Å². The molecule has 1 N–H and O–H groups in total. The molecule has 0 amide bonds. The van der Waals surface area contributed by atoms with E-state index in [1.165, 1.54) is 0 Å². The fourth-order valence-electron chi connectivity index (χ4n) is 4.08. The molecule has 0 bridgehead atoms. The maximum Gasteiger partial charge on any atom is 0.252 e. The van der Waals surface area contributed by atoms with Gasteiger partial charge in [-0.1, -0.05) is 40.3 Å². The van der Waals surface area contributed by atoms with Crippen molar-refractivity contribution in [1.29, 1.82) is 0 Å². The van der Waals surface area contributed by atoms with Crippen molar-refractivity contribution in [3.63, 3.8) is 0 Å². The zero-order chi connectivity index (χ0) is 23.6. The minimum absolute atomic E-state index is 0. The van der Waals surface area contributed by atoms with Crippen LogP contribution < -0.4 is 10.9 Å². The number of benzene rings is 1. The molecule has 7 nitrogen and oxygen atoms in total. The monoisotopic (exact) mass is 469 g/mol. The quantitative estimate of drug-likeness (QED) is 0.568. The number of ether oxygens (including phenoxy) is 1. The van der Waals surface area contributed by atoms with Crippen molar-refractivity contribution in [1.82, 2.24) is 19.4 Å². The second kappa shape index (κ2) is 10.6. The van der Waals surface area contributed by atoms with Gasteiger partial charge in [0.2, 0.25) is 5.95 Å². The zero-order valence-electron chi connectivity index (χ0n) is 19.8. The van der Waals surface area contributed by atoms with Crippen molar-refractivity contribution < 1.29 is 9.13 Å². The van der Waals surface area contributed by atoms with E-state index in [1.807, 2.05) is 19.1 Å². The highest BCUT2D eigenvalue weighted by Gasteiger charge is 2.18.